The van der Waals surface area contributed by atoms with E-state index in [1.807, 2.05) is 20.9 Å². The first-order valence-corrected chi connectivity index (χ1v) is 8.83. The highest BCUT2D eigenvalue weighted by molar-refractivity contribution is 6.42. The van der Waals surface area contributed by atoms with E-state index < -0.39 is 7.40 Å². The summed E-state index contributed by atoms with van der Waals surface area (Å²) in [6.07, 6.45) is 1.64. The van der Waals surface area contributed by atoms with Crippen LogP contribution in [-0.2, 0) is 19.9 Å². The van der Waals surface area contributed by atoms with Crippen molar-refractivity contribution in [1.82, 2.24) is 9.05 Å². The van der Waals surface area contributed by atoms with Gasteiger partial charge in [0.15, 0.2) is 0 Å². The topological polar surface area (TPSA) is 22.2 Å². The van der Waals surface area contributed by atoms with E-state index >= 15 is 0 Å². The maximum atomic E-state index is 13.9. The Kier molecular flexibility index (Phi) is 5.60. The number of halogens is 2. The Balaban J connectivity index is 2.86. The molecular formula is C19H28BF2N3. The molecule has 6 heteroatoms. The quantitative estimate of drug-likeness (QED) is 0.564. The van der Waals surface area contributed by atoms with Gasteiger partial charge in [0.1, 0.15) is 5.71 Å². The molecule has 2 rings (SSSR count). The van der Waals surface area contributed by atoms with E-state index in [2.05, 4.69) is 30.3 Å². The summed E-state index contributed by atoms with van der Waals surface area (Å²) in [5, 5.41) is 0. The maximum Gasteiger partial charge on any atom is 0.677 e. The molecule has 0 saturated heterocycles. The number of hydrogen-bond donors (Lipinski definition) is 0. The number of rotatable bonds is 5. The lowest BCUT2D eigenvalue weighted by molar-refractivity contribution is 0.624. The van der Waals surface area contributed by atoms with Gasteiger partial charge in [-0.1, -0.05) is 13.8 Å². The van der Waals surface area contributed by atoms with Crippen molar-refractivity contribution in [2.75, 3.05) is 7.05 Å². The van der Waals surface area contributed by atoms with E-state index in [1.165, 1.54) is 5.56 Å². The van der Waals surface area contributed by atoms with Gasteiger partial charge in [-0.25, -0.2) is 0 Å². The molecule has 0 amide bonds. The molecule has 0 saturated carbocycles. The van der Waals surface area contributed by atoms with Gasteiger partial charge in [-0.05, 0) is 62.8 Å². The highest BCUT2D eigenvalue weighted by Gasteiger charge is 2.31. The minimum Gasteiger partial charge on any atom is -0.346 e. The van der Waals surface area contributed by atoms with Gasteiger partial charge in [0, 0.05) is 25.5 Å². The van der Waals surface area contributed by atoms with Crippen LogP contribution in [-0.4, -0.2) is 29.2 Å². The summed E-state index contributed by atoms with van der Waals surface area (Å²) < 4.78 is 31.0. The van der Waals surface area contributed by atoms with Gasteiger partial charge in [-0.3, -0.25) is 13.6 Å². The van der Waals surface area contributed by atoms with Gasteiger partial charge in [-0.2, -0.15) is 0 Å². The molecule has 0 bridgehead atoms. The van der Waals surface area contributed by atoms with Gasteiger partial charge in [0.2, 0.25) is 0 Å². The Hall–Kier alpha value is -1.85. The molecule has 0 aliphatic rings. The highest BCUT2D eigenvalue weighted by atomic mass is 19.2. The third-order valence-electron chi connectivity index (χ3n) is 5.50. The summed E-state index contributed by atoms with van der Waals surface area (Å²) in [5.41, 5.74) is 8.18. The van der Waals surface area contributed by atoms with Crippen molar-refractivity contribution in [2.45, 2.75) is 54.4 Å². The van der Waals surface area contributed by atoms with Crippen molar-refractivity contribution in [2.24, 2.45) is 12.0 Å². The van der Waals surface area contributed by atoms with Gasteiger partial charge in [0.05, 0.1) is 11.4 Å². The summed E-state index contributed by atoms with van der Waals surface area (Å²) in [6, 6.07) is 0. The third-order valence-corrected chi connectivity index (χ3v) is 5.50. The first kappa shape index (κ1) is 19.5. The van der Waals surface area contributed by atoms with Crippen LogP contribution in [0.2, 0.25) is 0 Å². The SMILES string of the molecule is CCc1c(C)c(C(=NC)c2c(C)c(CC)c(C)n2B(F)F)n(C)c1C. The molecule has 2 aromatic rings. The summed E-state index contributed by atoms with van der Waals surface area (Å²) >= 11 is 0. The van der Waals surface area contributed by atoms with E-state index in [-0.39, 0.29) is 0 Å². The summed E-state index contributed by atoms with van der Waals surface area (Å²) in [7, 11) is 1.09. The van der Waals surface area contributed by atoms with Gasteiger partial charge in [-0.15, -0.1) is 0 Å². The lowest BCUT2D eigenvalue weighted by Crippen LogP contribution is -2.23. The molecule has 0 N–H and O–H groups in total. The van der Waals surface area contributed by atoms with Crippen molar-refractivity contribution in [3.63, 3.8) is 0 Å². The molecule has 0 aliphatic carbocycles. The van der Waals surface area contributed by atoms with Crippen molar-refractivity contribution in [3.8, 4) is 0 Å². The van der Waals surface area contributed by atoms with Gasteiger partial charge < -0.3 is 9.05 Å². The van der Waals surface area contributed by atoms with Crippen LogP contribution in [0.5, 0.6) is 0 Å². The van der Waals surface area contributed by atoms with Crippen LogP contribution >= 0.6 is 0 Å². The number of hydrogen-bond acceptors (Lipinski definition) is 1. The predicted octanol–water partition coefficient (Wildman–Crippen LogP) is 4.42. The van der Waals surface area contributed by atoms with E-state index in [4.69, 9.17) is 0 Å². The Morgan fingerprint density at radius 1 is 0.920 bits per heavy atom. The van der Waals surface area contributed by atoms with Crippen LogP contribution in [0.4, 0.5) is 8.63 Å². The van der Waals surface area contributed by atoms with E-state index in [0.29, 0.717) is 17.1 Å². The van der Waals surface area contributed by atoms with E-state index in [0.717, 1.165) is 45.4 Å². The zero-order chi connectivity index (χ0) is 19.0. The fourth-order valence-corrected chi connectivity index (χ4v) is 4.18. The zero-order valence-corrected chi connectivity index (χ0v) is 16.6. The minimum absolute atomic E-state index is 0.540. The minimum atomic E-state index is -2.59. The zero-order valence-electron chi connectivity index (χ0n) is 16.6. The molecule has 2 heterocycles. The van der Waals surface area contributed by atoms with Crippen LogP contribution in [0.1, 0.15) is 58.9 Å². The molecule has 0 unspecified atom stereocenters. The Labute approximate surface area is 150 Å². The van der Waals surface area contributed by atoms with E-state index in [1.54, 1.807) is 14.0 Å². The molecule has 25 heavy (non-hydrogen) atoms. The lowest BCUT2D eigenvalue weighted by Gasteiger charge is -2.14. The lowest BCUT2D eigenvalue weighted by atomic mass is 10.0. The van der Waals surface area contributed by atoms with Gasteiger partial charge in [0.25, 0.3) is 0 Å². The number of aliphatic imine (C=N–C) groups is 1. The predicted molar refractivity (Wildman–Crippen MR) is 102 cm³/mol. The van der Waals surface area contributed by atoms with Crippen LogP contribution in [0.25, 0.3) is 0 Å². The number of aromatic nitrogens is 2. The molecule has 136 valence electrons. The smallest absolute Gasteiger partial charge is 0.346 e. The molecule has 0 atom stereocenters. The van der Waals surface area contributed by atoms with Crippen LogP contribution in [0, 0.1) is 27.7 Å². The second-order valence-corrected chi connectivity index (χ2v) is 6.56. The normalized spacial score (nSPS) is 12.2. The molecule has 0 aromatic carbocycles. The molecular weight excluding hydrogens is 319 g/mol. The molecule has 0 fully saturated rings. The van der Waals surface area contributed by atoms with Crippen LogP contribution < -0.4 is 0 Å². The fourth-order valence-electron chi connectivity index (χ4n) is 4.18. The molecule has 0 spiro atoms. The second kappa shape index (κ2) is 7.18. The largest absolute Gasteiger partial charge is 0.677 e. The molecule has 3 nitrogen and oxygen atoms in total. The number of nitrogens with zero attached hydrogens (tertiary/aromatic N) is 3. The summed E-state index contributed by atoms with van der Waals surface area (Å²) in [6.45, 7) is 12.0. The second-order valence-electron chi connectivity index (χ2n) is 6.56. The third kappa shape index (κ3) is 2.85. The van der Waals surface area contributed by atoms with E-state index in [9.17, 15) is 8.63 Å². The average Bonchev–Trinajstić information content (AvgIpc) is 2.93. The monoisotopic (exact) mass is 347 g/mol. The summed E-state index contributed by atoms with van der Waals surface area (Å²) in [4.78, 5) is 4.47. The Morgan fingerprint density at radius 2 is 1.40 bits per heavy atom. The van der Waals surface area contributed by atoms with Crippen molar-refractivity contribution in [1.29, 1.82) is 0 Å². The molecule has 0 aliphatic heterocycles. The first-order valence-electron chi connectivity index (χ1n) is 8.83. The fraction of sp³-hybridized carbons (Fsp3) is 0.526. The first-order chi connectivity index (χ1) is 11.7. The molecule has 0 radical (unpaired) electrons. The summed E-state index contributed by atoms with van der Waals surface area (Å²) in [5.74, 6) is 0. The highest BCUT2D eigenvalue weighted by Crippen LogP contribution is 2.30. The van der Waals surface area contributed by atoms with Crippen molar-refractivity contribution in [3.05, 3.63) is 45.0 Å². The van der Waals surface area contributed by atoms with Crippen molar-refractivity contribution >= 4 is 13.1 Å². The van der Waals surface area contributed by atoms with Crippen LogP contribution in [0.15, 0.2) is 4.99 Å². The Morgan fingerprint density at radius 3 is 1.80 bits per heavy atom. The standard InChI is InChI=1S/C19H28BF2N3/c1-9-15-11(3)18(24(8)13(15)5)17(23-7)19-12(4)16(10-2)14(6)25(19)20(21)22/h9-10H2,1-8H3. The van der Waals surface area contributed by atoms with Crippen LogP contribution in [0.3, 0.4) is 0 Å². The Bertz CT molecular complexity index is 829. The average molecular weight is 347 g/mol. The van der Waals surface area contributed by atoms with Crippen molar-refractivity contribution < 1.29 is 8.63 Å². The maximum absolute atomic E-state index is 13.9. The molecule has 2 aromatic heterocycles. The van der Waals surface area contributed by atoms with Gasteiger partial charge >= 0.3 is 7.40 Å².